The molecule has 9 nitrogen and oxygen atoms in total. The molecule has 1 aliphatic rings. The number of ether oxygens (including phenoxy) is 1. The van der Waals surface area contributed by atoms with Crippen LogP contribution in [0.1, 0.15) is 60.0 Å². The number of esters is 1. The number of anilines is 2. The second-order valence-corrected chi connectivity index (χ2v) is 9.59. The highest BCUT2D eigenvalue weighted by molar-refractivity contribution is 6.29. The van der Waals surface area contributed by atoms with Gasteiger partial charge in [-0.1, -0.05) is 17.7 Å². The van der Waals surface area contributed by atoms with Crippen LogP contribution in [0.15, 0.2) is 24.3 Å². The lowest BCUT2D eigenvalue weighted by Gasteiger charge is -2.35. The number of benzene rings is 1. The Morgan fingerprint density at radius 1 is 1.31 bits per heavy atom. The van der Waals surface area contributed by atoms with Gasteiger partial charge in [-0.15, -0.1) is 0 Å². The zero-order valence-electron chi connectivity index (χ0n) is 20.7. The van der Waals surface area contributed by atoms with Gasteiger partial charge in [-0.3, -0.25) is 0 Å². The lowest BCUT2D eigenvalue weighted by molar-refractivity contribution is 0.0595. The maximum atomic E-state index is 12.3. The van der Waals surface area contributed by atoms with Gasteiger partial charge in [0.05, 0.1) is 36.0 Å². The molecule has 2 aromatic heterocycles. The first-order valence-electron chi connectivity index (χ1n) is 11.9. The number of rotatable bonds is 6. The van der Waals surface area contributed by atoms with Crippen molar-refractivity contribution in [1.82, 2.24) is 15.0 Å². The standard InChI is InChI=1S/C26H29ClN6O3/c1-14-10-18(15(2)29-19-7-8-22(27)31-24(19)26(35)36-4)23-20(11-14)30-21(12-28)25(32-23)33-9-5-6-17(13-33)16(3)34/h7-8,10-11,15-17,29,34H,5-6,9,13H2,1-4H3/t15-,16?,17?/m1/s1. The molecule has 0 bridgehead atoms. The molecule has 2 N–H and O–H groups in total. The zero-order valence-corrected chi connectivity index (χ0v) is 21.5. The molecule has 0 saturated carbocycles. The normalized spacial score (nSPS) is 17.4. The van der Waals surface area contributed by atoms with E-state index in [0.717, 1.165) is 30.5 Å². The van der Waals surface area contributed by atoms with E-state index in [1.54, 1.807) is 19.1 Å². The van der Waals surface area contributed by atoms with E-state index < -0.39 is 12.1 Å². The molecule has 1 aliphatic heterocycles. The molecule has 0 radical (unpaired) electrons. The minimum atomic E-state index is -0.597. The number of nitriles is 1. The molecule has 1 fully saturated rings. The van der Waals surface area contributed by atoms with Crippen LogP contribution >= 0.6 is 11.6 Å². The number of aliphatic hydroxyl groups is 1. The summed E-state index contributed by atoms with van der Waals surface area (Å²) in [5.41, 5.74) is 3.93. The van der Waals surface area contributed by atoms with Crippen LogP contribution in [0.5, 0.6) is 0 Å². The Morgan fingerprint density at radius 3 is 2.78 bits per heavy atom. The summed E-state index contributed by atoms with van der Waals surface area (Å²) in [6.07, 6.45) is 1.39. The number of piperidine rings is 1. The van der Waals surface area contributed by atoms with Crippen LogP contribution in [-0.2, 0) is 4.74 Å². The summed E-state index contributed by atoms with van der Waals surface area (Å²) in [5.74, 6) is 0.0332. The van der Waals surface area contributed by atoms with Crippen LogP contribution in [0.2, 0.25) is 5.15 Å². The van der Waals surface area contributed by atoms with Crippen LogP contribution in [-0.4, -0.2) is 52.3 Å². The van der Waals surface area contributed by atoms with Crippen LogP contribution in [0.4, 0.5) is 11.5 Å². The fraction of sp³-hybridized carbons (Fsp3) is 0.423. The van der Waals surface area contributed by atoms with Crippen molar-refractivity contribution in [3.05, 3.63) is 51.9 Å². The van der Waals surface area contributed by atoms with Gasteiger partial charge >= 0.3 is 5.97 Å². The van der Waals surface area contributed by atoms with E-state index in [1.165, 1.54) is 7.11 Å². The first-order chi connectivity index (χ1) is 17.2. The van der Waals surface area contributed by atoms with Gasteiger partial charge in [-0.2, -0.15) is 5.26 Å². The van der Waals surface area contributed by atoms with Crippen LogP contribution in [0.25, 0.3) is 11.0 Å². The highest BCUT2D eigenvalue weighted by Crippen LogP contribution is 2.32. The van der Waals surface area contributed by atoms with Gasteiger partial charge < -0.3 is 20.1 Å². The van der Waals surface area contributed by atoms with Gasteiger partial charge in [0.25, 0.3) is 0 Å². The van der Waals surface area contributed by atoms with Crippen molar-refractivity contribution in [3.8, 4) is 6.07 Å². The highest BCUT2D eigenvalue weighted by atomic mass is 35.5. The molecule has 4 rings (SSSR count). The van der Waals surface area contributed by atoms with E-state index in [-0.39, 0.29) is 28.5 Å². The molecule has 2 unspecified atom stereocenters. The van der Waals surface area contributed by atoms with Gasteiger partial charge in [-0.25, -0.2) is 19.7 Å². The number of carbonyl (C=O) groups excluding carboxylic acids is 1. The molecule has 3 heterocycles. The Hall–Kier alpha value is -3.48. The van der Waals surface area contributed by atoms with Crippen molar-refractivity contribution in [2.75, 3.05) is 30.4 Å². The zero-order chi connectivity index (χ0) is 26.0. The van der Waals surface area contributed by atoms with E-state index in [0.29, 0.717) is 29.1 Å². The van der Waals surface area contributed by atoms with E-state index in [9.17, 15) is 15.2 Å². The number of pyridine rings is 1. The topological polar surface area (TPSA) is 124 Å². The van der Waals surface area contributed by atoms with Crippen LogP contribution in [0, 0.1) is 24.2 Å². The minimum absolute atomic E-state index is 0.0878. The third-order valence-corrected chi connectivity index (χ3v) is 6.76. The summed E-state index contributed by atoms with van der Waals surface area (Å²) < 4.78 is 4.87. The molecular weight excluding hydrogens is 480 g/mol. The number of nitrogens with one attached hydrogen (secondary N) is 1. The SMILES string of the molecule is COC(=O)c1nc(Cl)ccc1N[C@H](C)c1cc(C)cc2nc(C#N)c(N3CCCC(C(C)O)C3)nc12. The number of hydrogen-bond acceptors (Lipinski definition) is 9. The number of carbonyl (C=O) groups is 1. The lowest BCUT2D eigenvalue weighted by atomic mass is 9.93. The lowest BCUT2D eigenvalue weighted by Crippen LogP contribution is -2.40. The fourth-order valence-electron chi connectivity index (χ4n) is 4.66. The molecule has 0 aliphatic carbocycles. The number of halogens is 1. The molecule has 36 heavy (non-hydrogen) atoms. The maximum Gasteiger partial charge on any atom is 0.358 e. The van der Waals surface area contributed by atoms with Crippen molar-refractivity contribution in [2.24, 2.45) is 5.92 Å². The average molecular weight is 509 g/mol. The Balaban J connectivity index is 1.77. The van der Waals surface area contributed by atoms with Gasteiger partial charge in [0.2, 0.25) is 0 Å². The van der Waals surface area contributed by atoms with E-state index in [1.807, 2.05) is 30.9 Å². The molecule has 0 amide bonds. The maximum absolute atomic E-state index is 12.3. The van der Waals surface area contributed by atoms with E-state index in [2.05, 4.69) is 21.4 Å². The second kappa shape index (κ2) is 10.6. The average Bonchev–Trinajstić information content (AvgIpc) is 2.87. The first-order valence-corrected chi connectivity index (χ1v) is 12.3. The Bertz CT molecular complexity index is 1340. The molecular formula is C26H29ClN6O3. The Labute approximate surface area is 215 Å². The second-order valence-electron chi connectivity index (χ2n) is 9.21. The third-order valence-electron chi connectivity index (χ3n) is 6.55. The predicted molar refractivity (Wildman–Crippen MR) is 138 cm³/mol. The summed E-state index contributed by atoms with van der Waals surface area (Å²) in [4.78, 5) is 28.1. The molecule has 3 aromatic rings. The first kappa shape index (κ1) is 25.6. The monoisotopic (exact) mass is 508 g/mol. The summed E-state index contributed by atoms with van der Waals surface area (Å²) >= 11 is 6.01. The summed E-state index contributed by atoms with van der Waals surface area (Å²) in [6, 6.07) is 9.12. The molecule has 1 aromatic carbocycles. The van der Waals surface area contributed by atoms with Gasteiger partial charge in [0.1, 0.15) is 11.2 Å². The highest BCUT2D eigenvalue weighted by Gasteiger charge is 2.27. The van der Waals surface area contributed by atoms with E-state index in [4.69, 9.17) is 21.3 Å². The largest absolute Gasteiger partial charge is 0.464 e. The Kier molecular flexibility index (Phi) is 7.57. The molecule has 188 valence electrons. The quantitative estimate of drug-likeness (QED) is 0.367. The van der Waals surface area contributed by atoms with Crippen molar-refractivity contribution >= 4 is 40.1 Å². The number of fused-ring (bicyclic) bond motifs is 1. The van der Waals surface area contributed by atoms with Crippen molar-refractivity contribution < 1.29 is 14.6 Å². The number of aryl methyl sites for hydroxylation is 1. The predicted octanol–water partition coefficient (Wildman–Crippen LogP) is 4.42. The van der Waals surface area contributed by atoms with Gasteiger partial charge in [0, 0.05) is 24.6 Å². The number of aromatic nitrogens is 3. The van der Waals surface area contributed by atoms with Crippen molar-refractivity contribution in [3.63, 3.8) is 0 Å². The summed E-state index contributed by atoms with van der Waals surface area (Å²) in [6.45, 7) is 7.06. The van der Waals surface area contributed by atoms with Crippen molar-refractivity contribution in [1.29, 1.82) is 5.26 Å². The van der Waals surface area contributed by atoms with E-state index >= 15 is 0 Å². The number of aliphatic hydroxyl groups excluding tert-OH is 1. The fourth-order valence-corrected chi connectivity index (χ4v) is 4.81. The molecule has 1 saturated heterocycles. The van der Waals surface area contributed by atoms with Crippen LogP contribution in [0.3, 0.4) is 0 Å². The number of hydrogen-bond donors (Lipinski definition) is 2. The molecule has 0 spiro atoms. The number of methoxy groups -OCH3 is 1. The summed E-state index contributed by atoms with van der Waals surface area (Å²) in [7, 11) is 1.29. The van der Waals surface area contributed by atoms with Crippen molar-refractivity contribution in [2.45, 2.75) is 45.8 Å². The minimum Gasteiger partial charge on any atom is -0.464 e. The van der Waals surface area contributed by atoms with Gasteiger partial charge in [0.15, 0.2) is 17.2 Å². The van der Waals surface area contributed by atoms with Crippen LogP contribution < -0.4 is 10.2 Å². The van der Waals surface area contributed by atoms with Gasteiger partial charge in [-0.05, 0) is 57.4 Å². The Morgan fingerprint density at radius 2 is 2.08 bits per heavy atom. The smallest absolute Gasteiger partial charge is 0.358 e. The molecule has 10 heteroatoms. The molecule has 3 atom stereocenters. The third kappa shape index (κ3) is 5.20. The number of nitrogens with zero attached hydrogens (tertiary/aromatic N) is 5. The summed E-state index contributed by atoms with van der Waals surface area (Å²) in [5, 5.41) is 23.5.